The van der Waals surface area contributed by atoms with Gasteiger partial charge in [-0.1, -0.05) is 13.8 Å². The quantitative estimate of drug-likeness (QED) is 0.710. The molecular formula is C12H19NO2. The summed E-state index contributed by atoms with van der Waals surface area (Å²) in [7, 11) is 4.04. The predicted octanol–water partition coefficient (Wildman–Crippen LogP) is 2.82. The maximum absolute atomic E-state index is 5.30. The smallest absolute Gasteiger partial charge is 0.231 e. The molecule has 15 heavy (non-hydrogen) atoms. The van der Waals surface area contributed by atoms with Crippen LogP contribution in [0.1, 0.15) is 19.4 Å². The first-order chi connectivity index (χ1) is 7.18. The Balaban J connectivity index is 0.000000531. The number of anilines is 1. The van der Waals surface area contributed by atoms with Crippen LogP contribution >= 0.6 is 0 Å². The van der Waals surface area contributed by atoms with E-state index in [-0.39, 0.29) is 0 Å². The van der Waals surface area contributed by atoms with Crippen LogP contribution in [0.5, 0.6) is 11.5 Å². The Bertz CT molecular complexity index is 335. The summed E-state index contributed by atoms with van der Waals surface area (Å²) in [5.74, 6) is 1.69. The number of benzene rings is 1. The zero-order chi connectivity index (χ0) is 11.4. The Labute approximate surface area is 91.6 Å². The van der Waals surface area contributed by atoms with E-state index in [9.17, 15) is 0 Å². The monoisotopic (exact) mass is 209 g/mol. The molecule has 1 aromatic rings. The molecule has 0 N–H and O–H groups in total. The Hall–Kier alpha value is -1.38. The van der Waals surface area contributed by atoms with Crippen molar-refractivity contribution in [3.63, 3.8) is 0 Å². The lowest BCUT2D eigenvalue weighted by molar-refractivity contribution is 0.174. The summed E-state index contributed by atoms with van der Waals surface area (Å²) in [6, 6.07) is 4.02. The molecule has 1 aromatic carbocycles. The van der Waals surface area contributed by atoms with E-state index >= 15 is 0 Å². The van der Waals surface area contributed by atoms with E-state index in [2.05, 4.69) is 11.8 Å². The molecule has 0 radical (unpaired) electrons. The van der Waals surface area contributed by atoms with Gasteiger partial charge in [-0.25, -0.2) is 0 Å². The average Bonchev–Trinajstić information content (AvgIpc) is 2.66. The molecule has 0 spiro atoms. The van der Waals surface area contributed by atoms with Crippen molar-refractivity contribution >= 4 is 5.69 Å². The second kappa shape index (κ2) is 4.91. The van der Waals surface area contributed by atoms with E-state index in [1.165, 1.54) is 11.3 Å². The summed E-state index contributed by atoms with van der Waals surface area (Å²) in [6.45, 7) is 6.41. The topological polar surface area (TPSA) is 21.7 Å². The molecule has 1 aliphatic rings. The minimum atomic E-state index is 0.339. The lowest BCUT2D eigenvalue weighted by Crippen LogP contribution is -2.09. The van der Waals surface area contributed by atoms with Gasteiger partial charge in [0.15, 0.2) is 11.5 Å². The number of nitrogens with zero attached hydrogens (tertiary/aromatic N) is 1. The molecule has 2 rings (SSSR count). The minimum absolute atomic E-state index is 0.339. The van der Waals surface area contributed by atoms with Gasteiger partial charge >= 0.3 is 0 Å². The zero-order valence-electron chi connectivity index (χ0n) is 10.1. The van der Waals surface area contributed by atoms with Crippen molar-refractivity contribution in [1.82, 2.24) is 0 Å². The van der Waals surface area contributed by atoms with Gasteiger partial charge < -0.3 is 14.4 Å². The Morgan fingerprint density at radius 1 is 1.07 bits per heavy atom. The average molecular weight is 209 g/mol. The molecule has 0 aliphatic carbocycles. The van der Waals surface area contributed by atoms with Gasteiger partial charge in [-0.3, -0.25) is 0 Å². The van der Waals surface area contributed by atoms with Crippen molar-refractivity contribution in [2.75, 3.05) is 25.8 Å². The molecule has 0 unspecified atom stereocenters. The minimum Gasteiger partial charge on any atom is -0.454 e. The number of ether oxygens (including phenoxy) is 2. The first-order valence-corrected chi connectivity index (χ1v) is 5.26. The van der Waals surface area contributed by atoms with E-state index in [0.29, 0.717) is 6.79 Å². The van der Waals surface area contributed by atoms with Crippen LogP contribution in [0.15, 0.2) is 12.1 Å². The van der Waals surface area contributed by atoms with Crippen molar-refractivity contribution in [2.45, 2.75) is 20.8 Å². The van der Waals surface area contributed by atoms with Gasteiger partial charge in [-0.2, -0.15) is 0 Å². The standard InChI is InChI=1S/C10H13NO2.C2H6/c1-7-4-9-10(13-6-12-9)5-8(7)11(2)3;1-2/h4-5H,6H2,1-3H3;1-2H3. The highest BCUT2D eigenvalue weighted by Crippen LogP contribution is 2.37. The van der Waals surface area contributed by atoms with Crippen molar-refractivity contribution in [3.05, 3.63) is 17.7 Å². The van der Waals surface area contributed by atoms with Gasteiger partial charge in [0.2, 0.25) is 6.79 Å². The van der Waals surface area contributed by atoms with E-state index in [1.807, 2.05) is 40.1 Å². The SMILES string of the molecule is CC.Cc1cc2c(cc1N(C)C)OCO2. The molecule has 1 aliphatic heterocycles. The van der Waals surface area contributed by atoms with Gasteiger partial charge in [0.1, 0.15) is 0 Å². The van der Waals surface area contributed by atoms with Gasteiger partial charge in [-0.05, 0) is 18.6 Å². The van der Waals surface area contributed by atoms with Crippen molar-refractivity contribution in [1.29, 1.82) is 0 Å². The van der Waals surface area contributed by atoms with Crippen LogP contribution in [-0.4, -0.2) is 20.9 Å². The largest absolute Gasteiger partial charge is 0.454 e. The molecule has 0 atom stereocenters. The highest BCUT2D eigenvalue weighted by Gasteiger charge is 2.15. The Morgan fingerprint density at radius 3 is 2.13 bits per heavy atom. The van der Waals surface area contributed by atoms with Gasteiger partial charge in [0.25, 0.3) is 0 Å². The molecule has 0 saturated carbocycles. The fraction of sp³-hybridized carbons (Fsp3) is 0.500. The third kappa shape index (κ3) is 2.35. The van der Waals surface area contributed by atoms with Crippen LogP contribution in [0.25, 0.3) is 0 Å². The van der Waals surface area contributed by atoms with Crippen molar-refractivity contribution < 1.29 is 9.47 Å². The van der Waals surface area contributed by atoms with Crippen LogP contribution in [0.3, 0.4) is 0 Å². The van der Waals surface area contributed by atoms with E-state index in [1.54, 1.807) is 0 Å². The van der Waals surface area contributed by atoms with E-state index in [4.69, 9.17) is 9.47 Å². The number of fused-ring (bicyclic) bond motifs is 1. The summed E-state index contributed by atoms with van der Waals surface area (Å²) in [6.07, 6.45) is 0. The molecule has 0 amide bonds. The summed E-state index contributed by atoms with van der Waals surface area (Å²) < 4.78 is 10.6. The number of rotatable bonds is 1. The fourth-order valence-corrected chi connectivity index (χ4v) is 1.51. The zero-order valence-corrected chi connectivity index (χ0v) is 10.1. The van der Waals surface area contributed by atoms with Crippen LogP contribution in [0, 0.1) is 6.92 Å². The van der Waals surface area contributed by atoms with Gasteiger partial charge in [0, 0.05) is 25.8 Å². The molecule has 0 saturated heterocycles. The van der Waals surface area contributed by atoms with E-state index < -0.39 is 0 Å². The third-order valence-corrected chi connectivity index (χ3v) is 2.17. The Morgan fingerprint density at radius 2 is 1.60 bits per heavy atom. The summed E-state index contributed by atoms with van der Waals surface area (Å²) in [4.78, 5) is 2.07. The normalized spacial score (nSPS) is 11.8. The molecule has 84 valence electrons. The van der Waals surface area contributed by atoms with Crippen LogP contribution in [0.4, 0.5) is 5.69 Å². The number of hydrogen-bond acceptors (Lipinski definition) is 3. The Kier molecular flexibility index (Phi) is 3.83. The molecule has 0 fully saturated rings. The molecular weight excluding hydrogens is 190 g/mol. The second-order valence-electron chi connectivity index (χ2n) is 3.39. The molecule has 0 bridgehead atoms. The maximum atomic E-state index is 5.30. The second-order valence-corrected chi connectivity index (χ2v) is 3.39. The number of hydrogen-bond donors (Lipinski definition) is 0. The summed E-state index contributed by atoms with van der Waals surface area (Å²) in [5.41, 5.74) is 2.37. The van der Waals surface area contributed by atoms with Crippen molar-refractivity contribution in [2.24, 2.45) is 0 Å². The van der Waals surface area contributed by atoms with Crippen molar-refractivity contribution in [3.8, 4) is 11.5 Å². The fourth-order valence-electron chi connectivity index (χ4n) is 1.51. The maximum Gasteiger partial charge on any atom is 0.231 e. The highest BCUT2D eigenvalue weighted by atomic mass is 16.7. The van der Waals surface area contributed by atoms with Gasteiger partial charge in [0.05, 0.1) is 0 Å². The molecule has 3 heteroatoms. The lowest BCUT2D eigenvalue weighted by Gasteiger charge is -2.15. The predicted molar refractivity (Wildman–Crippen MR) is 63.0 cm³/mol. The molecule has 3 nitrogen and oxygen atoms in total. The first-order valence-electron chi connectivity index (χ1n) is 5.26. The lowest BCUT2D eigenvalue weighted by atomic mass is 10.1. The van der Waals surface area contributed by atoms with Crippen LogP contribution in [-0.2, 0) is 0 Å². The van der Waals surface area contributed by atoms with Crippen LogP contribution < -0.4 is 14.4 Å². The third-order valence-electron chi connectivity index (χ3n) is 2.17. The summed E-state index contributed by atoms with van der Waals surface area (Å²) >= 11 is 0. The molecule has 1 heterocycles. The van der Waals surface area contributed by atoms with Gasteiger partial charge in [-0.15, -0.1) is 0 Å². The highest BCUT2D eigenvalue weighted by molar-refractivity contribution is 5.61. The number of aryl methyl sites for hydroxylation is 1. The first kappa shape index (κ1) is 11.7. The van der Waals surface area contributed by atoms with E-state index in [0.717, 1.165) is 11.5 Å². The summed E-state index contributed by atoms with van der Waals surface area (Å²) in [5, 5.41) is 0. The van der Waals surface area contributed by atoms with Crippen LogP contribution in [0.2, 0.25) is 0 Å². The molecule has 0 aromatic heterocycles.